The Balaban J connectivity index is 1.77. The van der Waals surface area contributed by atoms with Crippen LogP contribution in [0.15, 0.2) is 24.3 Å². The Morgan fingerprint density at radius 2 is 1.88 bits per heavy atom. The van der Waals surface area contributed by atoms with Crippen molar-refractivity contribution in [1.82, 2.24) is 10.2 Å². The van der Waals surface area contributed by atoms with Crippen molar-refractivity contribution in [3.63, 3.8) is 0 Å². The highest BCUT2D eigenvalue weighted by atomic mass is 16.6. The van der Waals surface area contributed by atoms with E-state index in [0.29, 0.717) is 24.7 Å². The van der Waals surface area contributed by atoms with Crippen LogP contribution in [0.3, 0.4) is 0 Å². The summed E-state index contributed by atoms with van der Waals surface area (Å²) < 4.78 is 15.7. The minimum atomic E-state index is -0.701. The standard InChI is InChI=1S/C16H20N2O6/c1-2-9-22-12-5-3-4-6-13(12)23-11-15(20)24-10-14(19)18-8-7-17-16(18)21/h3-6H,2,7-11H2,1H3,(H,17,21). The Labute approximate surface area is 139 Å². The number of para-hydroxylation sites is 2. The number of carbonyl (C=O) groups is 3. The van der Waals surface area contributed by atoms with Crippen LogP contribution in [-0.2, 0) is 14.3 Å². The monoisotopic (exact) mass is 336 g/mol. The van der Waals surface area contributed by atoms with Crippen LogP contribution < -0.4 is 14.8 Å². The average molecular weight is 336 g/mol. The van der Waals surface area contributed by atoms with Gasteiger partial charge in [-0.15, -0.1) is 0 Å². The van der Waals surface area contributed by atoms with Crippen molar-refractivity contribution >= 4 is 17.9 Å². The minimum absolute atomic E-state index is 0.272. The molecule has 0 saturated carbocycles. The fourth-order valence-electron chi connectivity index (χ4n) is 2.01. The van der Waals surface area contributed by atoms with Crippen molar-refractivity contribution in [3.05, 3.63) is 24.3 Å². The summed E-state index contributed by atoms with van der Waals surface area (Å²) in [6.45, 7) is 2.34. The fourth-order valence-corrected chi connectivity index (χ4v) is 2.01. The molecule has 0 aromatic heterocycles. The van der Waals surface area contributed by atoms with Crippen LogP contribution in [0.25, 0.3) is 0 Å². The van der Waals surface area contributed by atoms with Gasteiger partial charge in [0.2, 0.25) is 0 Å². The molecular weight excluding hydrogens is 316 g/mol. The summed E-state index contributed by atoms with van der Waals surface area (Å²) in [5, 5.41) is 2.49. The van der Waals surface area contributed by atoms with Gasteiger partial charge < -0.3 is 19.5 Å². The van der Waals surface area contributed by atoms with E-state index in [1.807, 2.05) is 6.92 Å². The second kappa shape index (κ2) is 8.76. The van der Waals surface area contributed by atoms with Gasteiger partial charge >= 0.3 is 12.0 Å². The number of urea groups is 1. The van der Waals surface area contributed by atoms with Gasteiger partial charge in [-0.25, -0.2) is 9.59 Å². The van der Waals surface area contributed by atoms with Crippen molar-refractivity contribution in [2.24, 2.45) is 0 Å². The first-order valence-corrected chi connectivity index (χ1v) is 7.70. The van der Waals surface area contributed by atoms with Crippen molar-refractivity contribution in [3.8, 4) is 11.5 Å². The summed E-state index contributed by atoms with van der Waals surface area (Å²) >= 11 is 0. The SMILES string of the molecule is CCCOc1ccccc1OCC(=O)OCC(=O)N1CCNC1=O. The Kier molecular flexibility index (Phi) is 6.41. The molecule has 1 aromatic rings. The molecule has 8 heteroatoms. The molecule has 8 nitrogen and oxygen atoms in total. The Bertz CT molecular complexity index is 604. The number of hydrogen-bond donors (Lipinski definition) is 1. The molecule has 1 aromatic carbocycles. The quantitative estimate of drug-likeness (QED) is 0.710. The molecule has 0 atom stereocenters. The summed E-state index contributed by atoms with van der Waals surface area (Å²) in [6, 6.07) is 6.50. The summed E-state index contributed by atoms with van der Waals surface area (Å²) in [5.41, 5.74) is 0. The summed E-state index contributed by atoms with van der Waals surface area (Å²) in [4.78, 5) is 35.7. The predicted molar refractivity (Wildman–Crippen MR) is 83.8 cm³/mol. The zero-order valence-corrected chi connectivity index (χ0v) is 13.4. The van der Waals surface area contributed by atoms with Crippen molar-refractivity contribution in [1.29, 1.82) is 0 Å². The number of nitrogens with one attached hydrogen (secondary N) is 1. The van der Waals surface area contributed by atoms with Gasteiger partial charge in [0.05, 0.1) is 6.61 Å². The number of rotatable bonds is 8. The number of nitrogens with zero attached hydrogens (tertiary/aromatic N) is 1. The van der Waals surface area contributed by atoms with Gasteiger partial charge in [0, 0.05) is 13.1 Å². The molecule has 130 valence electrons. The summed E-state index contributed by atoms with van der Waals surface area (Å²) in [7, 11) is 0. The van der Waals surface area contributed by atoms with Gasteiger partial charge in [0.25, 0.3) is 5.91 Å². The van der Waals surface area contributed by atoms with E-state index in [1.54, 1.807) is 24.3 Å². The number of ether oxygens (including phenoxy) is 3. The highest BCUT2D eigenvalue weighted by molar-refractivity contribution is 5.96. The third kappa shape index (κ3) is 4.87. The number of hydrogen-bond acceptors (Lipinski definition) is 6. The van der Waals surface area contributed by atoms with Crippen LogP contribution >= 0.6 is 0 Å². The first-order valence-electron chi connectivity index (χ1n) is 7.70. The summed E-state index contributed by atoms with van der Waals surface area (Å²) in [5.74, 6) is -0.302. The third-order valence-electron chi connectivity index (χ3n) is 3.17. The largest absolute Gasteiger partial charge is 0.490 e. The molecule has 0 aliphatic carbocycles. The zero-order valence-electron chi connectivity index (χ0n) is 13.4. The van der Waals surface area contributed by atoms with Gasteiger partial charge in [-0.05, 0) is 18.6 Å². The van der Waals surface area contributed by atoms with Crippen LogP contribution in [0.5, 0.6) is 11.5 Å². The highest BCUT2D eigenvalue weighted by Gasteiger charge is 2.26. The highest BCUT2D eigenvalue weighted by Crippen LogP contribution is 2.26. The van der Waals surface area contributed by atoms with E-state index in [2.05, 4.69) is 5.32 Å². The molecule has 1 aliphatic heterocycles. The van der Waals surface area contributed by atoms with Crippen LogP contribution in [0.1, 0.15) is 13.3 Å². The van der Waals surface area contributed by atoms with Gasteiger partial charge in [0.1, 0.15) is 0 Å². The fraction of sp³-hybridized carbons (Fsp3) is 0.438. The van der Waals surface area contributed by atoms with Crippen molar-refractivity contribution < 1.29 is 28.6 Å². The Hall–Kier alpha value is -2.77. The molecule has 1 aliphatic rings. The number of benzene rings is 1. The lowest BCUT2D eigenvalue weighted by Crippen LogP contribution is -2.37. The van der Waals surface area contributed by atoms with Crippen LogP contribution in [0.2, 0.25) is 0 Å². The molecule has 0 radical (unpaired) electrons. The lowest BCUT2D eigenvalue weighted by Gasteiger charge is -2.13. The molecule has 1 N–H and O–H groups in total. The minimum Gasteiger partial charge on any atom is -0.490 e. The van der Waals surface area contributed by atoms with Gasteiger partial charge in [-0.1, -0.05) is 19.1 Å². The maximum Gasteiger partial charge on any atom is 0.344 e. The molecule has 1 saturated heterocycles. The zero-order chi connectivity index (χ0) is 17.4. The van der Waals surface area contributed by atoms with Crippen LogP contribution in [0, 0.1) is 0 Å². The van der Waals surface area contributed by atoms with E-state index in [-0.39, 0.29) is 13.2 Å². The summed E-state index contributed by atoms with van der Waals surface area (Å²) in [6.07, 6.45) is 0.850. The van der Waals surface area contributed by atoms with Gasteiger partial charge in [-0.2, -0.15) is 0 Å². The number of carbonyl (C=O) groups excluding carboxylic acids is 3. The molecule has 1 fully saturated rings. The first-order chi connectivity index (χ1) is 11.6. The maximum absolute atomic E-state index is 11.7. The first kappa shape index (κ1) is 17.6. The molecule has 0 unspecified atom stereocenters. The lowest BCUT2D eigenvalue weighted by atomic mass is 10.3. The smallest absolute Gasteiger partial charge is 0.344 e. The molecule has 0 bridgehead atoms. The number of imide groups is 1. The van der Waals surface area contributed by atoms with Gasteiger partial charge in [0.15, 0.2) is 24.7 Å². The van der Waals surface area contributed by atoms with Crippen LogP contribution in [-0.4, -0.2) is 55.7 Å². The topological polar surface area (TPSA) is 94.2 Å². The normalized spacial score (nSPS) is 13.4. The molecule has 2 rings (SSSR count). The Morgan fingerprint density at radius 3 is 2.50 bits per heavy atom. The van der Waals surface area contributed by atoms with E-state index in [9.17, 15) is 14.4 Å². The van der Waals surface area contributed by atoms with Gasteiger partial charge in [-0.3, -0.25) is 9.69 Å². The van der Waals surface area contributed by atoms with E-state index < -0.39 is 24.5 Å². The predicted octanol–water partition coefficient (Wildman–Crippen LogP) is 0.949. The second-order valence-electron chi connectivity index (χ2n) is 5.02. The van der Waals surface area contributed by atoms with E-state index >= 15 is 0 Å². The maximum atomic E-state index is 11.7. The van der Waals surface area contributed by atoms with Crippen LogP contribution in [0.4, 0.5) is 4.79 Å². The van der Waals surface area contributed by atoms with E-state index in [1.165, 1.54) is 0 Å². The van der Waals surface area contributed by atoms with E-state index in [0.717, 1.165) is 11.3 Å². The average Bonchev–Trinajstić information content (AvgIpc) is 3.02. The number of esters is 1. The molecule has 3 amide bonds. The molecular formula is C16H20N2O6. The van der Waals surface area contributed by atoms with E-state index in [4.69, 9.17) is 14.2 Å². The van der Waals surface area contributed by atoms with Crippen molar-refractivity contribution in [2.75, 3.05) is 32.9 Å². The molecule has 1 heterocycles. The second-order valence-corrected chi connectivity index (χ2v) is 5.02. The molecule has 24 heavy (non-hydrogen) atoms. The number of amides is 3. The molecule has 0 spiro atoms. The third-order valence-corrected chi connectivity index (χ3v) is 3.17. The van der Waals surface area contributed by atoms with Crippen molar-refractivity contribution in [2.45, 2.75) is 13.3 Å². The Morgan fingerprint density at radius 1 is 1.17 bits per heavy atom. The lowest BCUT2D eigenvalue weighted by molar-refractivity contribution is -0.152.